The van der Waals surface area contributed by atoms with Gasteiger partial charge in [-0.15, -0.1) is 0 Å². The normalized spacial score (nSPS) is 19.9. The fraction of sp³-hybridized carbons (Fsp3) is 0.607. The van der Waals surface area contributed by atoms with E-state index < -0.39 is 61.0 Å². The highest BCUT2D eigenvalue weighted by atomic mass is 19.4. The molecule has 1 aliphatic heterocycles. The van der Waals surface area contributed by atoms with Gasteiger partial charge in [0, 0.05) is 17.8 Å². The Morgan fingerprint density at radius 3 is 2.43 bits per heavy atom. The summed E-state index contributed by atoms with van der Waals surface area (Å²) < 4.78 is 56.5. The van der Waals surface area contributed by atoms with Gasteiger partial charge >= 0.3 is 30.2 Å². The summed E-state index contributed by atoms with van der Waals surface area (Å²) in [5.41, 5.74) is 0.746. The third-order valence-corrected chi connectivity index (χ3v) is 7.27. The zero-order valence-electron chi connectivity index (χ0n) is 23.9. The van der Waals surface area contributed by atoms with Gasteiger partial charge in [-0.1, -0.05) is 39.7 Å². The lowest BCUT2D eigenvalue weighted by Crippen LogP contribution is -2.65. The fourth-order valence-electron chi connectivity index (χ4n) is 5.13. The van der Waals surface area contributed by atoms with Crippen molar-refractivity contribution in [1.29, 1.82) is 0 Å². The van der Waals surface area contributed by atoms with Crippen molar-refractivity contribution in [2.75, 3.05) is 18.7 Å². The first-order valence-corrected chi connectivity index (χ1v) is 13.9. The molecule has 3 amide bonds. The molecule has 2 fully saturated rings. The van der Waals surface area contributed by atoms with Gasteiger partial charge in [0.05, 0.1) is 12.5 Å². The molecule has 1 aliphatic carbocycles. The number of urea groups is 1. The van der Waals surface area contributed by atoms with Gasteiger partial charge in [0.2, 0.25) is 6.79 Å². The first-order valence-electron chi connectivity index (χ1n) is 13.9. The molecule has 1 aromatic heterocycles. The Bertz CT molecular complexity index is 1150. The number of hydrogen-bond acceptors (Lipinski definition) is 8. The van der Waals surface area contributed by atoms with Crippen LogP contribution in [0.3, 0.4) is 0 Å². The molecule has 2 aliphatic rings. The summed E-state index contributed by atoms with van der Waals surface area (Å²) in [6.45, 7) is 8.14. The molecule has 1 saturated heterocycles. The van der Waals surface area contributed by atoms with E-state index in [1.807, 2.05) is 0 Å². The molecular weight excluding hydrogens is 561 g/mol. The second-order valence-corrected chi connectivity index (χ2v) is 10.6. The topological polar surface area (TPSA) is 136 Å². The number of rotatable bonds is 10. The van der Waals surface area contributed by atoms with E-state index in [-0.39, 0.29) is 30.5 Å². The predicted octanol–water partition coefficient (Wildman–Crippen LogP) is 4.93. The Labute approximate surface area is 242 Å². The Morgan fingerprint density at radius 1 is 1.12 bits per heavy atom. The smallest absolute Gasteiger partial charge is 0.415 e. The summed E-state index contributed by atoms with van der Waals surface area (Å²) in [5, 5.41) is 4.52. The van der Waals surface area contributed by atoms with Crippen LogP contribution in [-0.2, 0) is 30.2 Å². The highest BCUT2D eigenvalue weighted by Gasteiger charge is 2.53. The minimum atomic E-state index is -4.65. The van der Waals surface area contributed by atoms with Crippen molar-refractivity contribution in [3.8, 4) is 0 Å². The fourth-order valence-corrected chi connectivity index (χ4v) is 5.13. The first-order chi connectivity index (χ1) is 19.8. The molecule has 0 spiro atoms. The lowest BCUT2D eigenvalue weighted by Gasteiger charge is -2.48. The number of hydrogen-bond donors (Lipinski definition) is 2. The highest BCUT2D eigenvalue weighted by molar-refractivity contribution is 5.89. The van der Waals surface area contributed by atoms with Crippen LogP contribution in [0.15, 0.2) is 30.6 Å². The number of anilines is 1. The van der Waals surface area contributed by atoms with E-state index >= 15 is 0 Å². The van der Waals surface area contributed by atoms with E-state index in [1.165, 1.54) is 12.3 Å². The second-order valence-electron chi connectivity index (χ2n) is 10.6. The molecule has 1 saturated carbocycles. The third kappa shape index (κ3) is 8.35. The Balaban J connectivity index is 1.68. The molecule has 0 bridgehead atoms. The molecule has 2 heterocycles. The summed E-state index contributed by atoms with van der Waals surface area (Å²) in [4.78, 5) is 54.5. The van der Waals surface area contributed by atoms with Gasteiger partial charge in [0.15, 0.2) is 0 Å². The van der Waals surface area contributed by atoms with Crippen LogP contribution in [0.4, 0.5) is 28.6 Å². The van der Waals surface area contributed by atoms with Gasteiger partial charge in [-0.3, -0.25) is 15.0 Å². The van der Waals surface area contributed by atoms with Crippen LogP contribution in [0.1, 0.15) is 58.4 Å². The van der Waals surface area contributed by atoms with Crippen molar-refractivity contribution in [2.45, 2.75) is 77.6 Å². The van der Waals surface area contributed by atoms with Crippen LogP contribution >= 0.6 is 0 Å². The molecule has 14 heteroatoms. The summed E-state index contributed by atoms with van der Waals surface area (Å²) in [6.07, 6.45) is -1.16. The molecule has 3 atom stereocenters. The quantitative estimate of drug-likeness (QED) is 0.286. The summed E-state index contributed by atoms with van der Waals surface area (Å²) >= 11 is 0. The zero-order valence-corrected chi connectivity index (χ0v) is 23.9. The van der Waals surface area contributed by atoms with Gasteiger partial charge in [0.1, 0.15) is 17.9 Å². The molecule has 3 rings (SSSR count). The predicted molar refractivity (Wildman–Crippen MR) is 144 cm³/mol. The number of nitrogens with one attached hydrogen (secondary N) is 2. The van der Waals surface area contributed by atoms with Gasteiger partial charge in [0.25, 0.3) is 0 Å². The number of aromatic nitrogens is 1. The van der Waals surface area contributed by atoms with Crippen molar-refractivity contribution in [2.24, 2.45) is 17.8 Å². The largest absolute Gasteiger partial charge is 0.464 e. The van der Waals surface area contributed by atoms with E-state index in [9.17, 15) is 32.3 Å². The average Bonchev–Trinajstić information content (AvgIpc) is 2.93. The summed E-state index contributed by atoms with van der Waals surface area (Å²) in [5.74, 6) is -3.00. The number of esters is 2. The van der Waals surface area contributed by atoms with Gasteiger partial charge < -0.3 is 19.5 Å². The van der Waals surface area contributed by atoms with E-state index in [2.05, 4.69) is 22.2 Å². The number of halogens is 3. The third-order valence-electron chi connectivity index (χ3n) is 7.27. The lowest BCUT2D eigenvalue weighted by atomic mass is 9.80. The minimum Gasteiger partial charge on any atom is -0.464 e. The summed E-state index contributed by atoms with van der Waals surface area (Å²) in [7, 11) is 0. The number of alkyl halides is 3. The number of pyridine rings is 1. The van der Waals surface area contributed by atoms with Crippen LogP contribution in [0.2, 0.25) is 0 Å². The van der Waals surface area contributed by atoms with Crippen molar-refractivity contribution in [3.63, 3.8) is 0 Å². The molecule has 232 valence electrons. The Morgan fingerprint density at radius 2 is 1.81 bits per heavy atom. The molecule has 42 heavy (non-hydrogen) atoms. The maximum absolute atomic E-state index is 13.9. The average molecular weight is 599 g/mol. The van der Waals surface area contributed by atoms with Crippen LogP contribution in [0.5, 0.6) is 0 Å². The molecule has 0 radical (unpaired) electrons. The van der Waals surface area contributed by atoms with E-state index in [0.717, 1.165) is 11.3 Å². The summed E-state index contributed by atoms with van der Waals surface area (Å²) in [6, 6.07) is -1.17. The first kappa shape index (κ1) is 32.7. The maximum Gasteiger partial charge on any atom is 0.415 e. The molecule has 2 N–H and O–H groups in total. The zero-order chi connectivity index (χ0) is 31.0. The van der Waals surface area contributed by atoms with Gasteiger partial charge in [-0.05, 0) is 49.8 Å². The molecule has 11 nitrogen and oxygen atoms in total. The highest BCUT2D eigenvalue weighted by Crippen LogP contribution is 2.40. The van der Waals surface area contributed by atoms with Crippen LogP contribution in [0, 0.1) is 17.8 Å². The van der Waals surface area contributed by atoms with Gasteiger partial charge in [-0.2, -0.15) is 13.2 Å². The number of carbonyl (C=O) groups excluding carboxylic acids is 4. The number of likely N-dealkylation sites (tertiary alicyclic amines) is 1. The van der Waals surface area contributed by atoms with Gasteiger partial charge in [-0.25, -0.2) is 19.4 Å². The number of carbonyl (C=O) groups is 4. The van der Waals surface area contributed by atoms with Crippen LogP contribution in [0.25, 0.3) is 0 Å². The minimum absolute atomic E-state index is 0.00908. The Kier molecular flexibility index (Phi) is 11.2. The molecule has 1 aromatic rings. The number of ether oxygens (including phenoxy) is 3. The SMILES string of the molecule is C=C1[C@H](Cc2ccnc(NC(=O)OCOC(=O)C(C)C)c2)[C@@H](C(=O)OCC)N1C(=O)N[C@@H](C1CCCCC1)C(F)(F)F. The monoisotopic (exact) mass is 598 g/mol. The lowest BCUT2D eigenvalue weighted by molar-refractivity contribution is -0.168. The van der Waals surface area contributed by atoms with Crippen molar-refractivity contribution in [1.82, 2.24) is 15.2 Å². The Hall–Kier alpha value is -3.84. The number of nitrogens with zero attached hydrogens (tertiary/aromatic N) is 2. The van der Waals surface area contributed by atoms with Crippen molar-refractivity contribution < 1.29 is 46.6 Å². The van der Waals surface area contributed by atoms with E-state index in [0.29, 0.717) is 31.2 Å². The molecule has 0 unspecified atom stereocenters. The number of amides is 3. The second kappa shape index (κ2) is 14.4. The van der Waals surface area contributed by atoms with Crippen LogP contribution in [-0.4, -0.2) is 65.6 Å². The standard InChI is InChI=1S/C28H37F3N4O7/c1-5-40-25(37)22-20(13-18-11-12-32-21(14-18)33-27(39)42-15-41-24(36)16(2)3)17(4)35(22)26(38)34-23(28(29,30)31)19-9-7-6-8-10-19/h11-12,14,16,19-20,22-23H,4-10,13,15H2,1-3H3,(H,34,38)(H,32,33,39)/t20-,22-,23-/m0/s1. The van der Waals surface area contributed by atoms with Crippen LogP contribution < -0.4 is 10.6 Å². The molecule has 0 aromatic carbocycles. The van der Waals surface area contributed by atoms with E-state index in [1.54, 1.807) is 26.8 Å². The van der Waals surface area contributed by atoms with Crippen molar-refractivity contribution in [3.05, 3.63) is 36.2 Å². The van der Waals surface area contributed by atoms with E-state index in [4.69, 9.17) is 14.2 Å². The van der Waals surface area contributed by atoms with Crippen molar-refractivity contribution >= 4 is 29.9 Å². The maximum atomic E-state index is 13.9. The molecular formula is C28H37F3N4O7.